The van der Waals surface area contributed by atoms with Gasteiger partial charge in [0.05, 0.1) is 10.6 Å². The van der Waals surface area contributed by atoms with Gasteiger partial charge in [0.2, 0.25) is 11.8 Å². The number of nitrogens with zero attached hydrogens (tertiary/aromatic N) is 2. The molecule has 0 saturated heterocycles. The summed E-state index contributed by atoms with van der Waals surface area (Å²) in [6.45, 7) is 9.74. The Balaban J connectivity index is 1.98. The summed E-state index contributed by atoms with van der Waals surface area (Å²) in [7, 11) is -4.14. The van der Waals surface area contributed by atoms with E-state index in [0.717, 1.165) is 21.0 Å². The molecular weight excluding hydrogens is 546 g/mol. The number of carbonyl (C=O) groups excluding carboxylic acids is 2. The third-order valence-corrected chi connectivity index (χ3v) is 8.84. The van der Waals surface area contributed by atoms with E-state index in [-0.39, 0.29) is 23.3 Å². The molecule has 0 aromatic heterocycles. The fraction of sp³-hybridized carbons (Fsp3) is 0.355. The number of nitrogens with one attached hydrogen (secondary N) is 1. The van der Waals surface area contributed by atoms with Gasteiger partial charge in [0.15, 0.2) is 0 Å². The van der Waals surface area contributed by atoms with E-state index >= 15 is 0 Å². The molecule has 0 spiro atoms. The van der Waals surface area contributed by atoms with Crippen molar-refractivity contribution >= 4 is 39.1 Å². The molecule has 0 aliphatic rings. The zero-order chi connectivity index (χ0) is 29.4. The van der Waals surface area contributed by atoms with Crippen LogP contribution < -0.4 is 9.62 Å². The van der Waals surface area contributed by atoms with Crippen molar-refractivity contribution in [3.63, 3.8) is 0 Å². The maximum Gasteiger partial charge on any atom is 0.264 e. The molecule has 1 N–H and O–H groups in total. The van der Waals surface area contributed by atoms with Gasteiger partial charge in [-0.25, -0.2) is 8.42 Å². The van der Waals surface area contributed by atoms with Crippen LogP contribution in [0.15, 0.2) is 77.7 Å². The van der Waals surface area contributed by atoms with Gasteiger partial charge >= 0.3 is 0 Å². The minimum atomic E-state index is -4.14. The highest BCUT2D eigenvalue weighted by Crippen LogP contribution is 2.27. The fourth-order valence-electron chi connectivity index (χ4n) is 4.17. The lowest BCUT2D eigenvalue weighted by Gasteiger charge is -2.32. The molecule has 0 aliphatic heterocycles. The Labute approximate surface area is 243 Å². The SMILES string of the molecule is Cc1ccc(N(CC(=O)N(CCc2ccccc2)[C@H](C)C(=O)NCC(C)C)S(=O)(=O)c2ccc(Cl)cc2)cc1C. The summed E-state index contributed by atoms with van der Waals surface area (Å²) in [6, 6.07) is 20.0. The molecule has 3 aromatic carbocycles. The van der Waals surface area contributed by atoms with E-state index in [1.54, 1.807) is 19.1 Å². The number of hydrogen-bond donors (Lipinski definition) is 1. The van der Waals surface area contributed by atoms with E-state index in [9.17, 15) is 18.0 Å². The molecule has 3 rings (SSSR count). The summed E-state index contributed by atoms with van der Waals surface area (Å²) in [5.41, 5.74) is 3.27. The van der Waals surface area contributed by atoms with Crippen LogP contribution in [-0.4, -0.2) is 50.8 Å². The minimum absolute atomic E-state index is 0.0153. The average molecular weight is 584 g/mol. The second kappa shape index (κ2) is 13.8. The van der Waals surface area contributed by atoms with E-state index in [2.05, 4.69) is 5.32 Å². The number of carbonyl (C=O) groups is 2. The molecule has 0 aliphatic carbocycles. The molecule has 2 amide bonds. The number of benzene rings is 3. The first-order valence-electron chi connectivity index (χ1n) is 13.4. The number of rotatable bonds is 12. The second-order valence-electron chi connectivity index (χ2n) is 10.4. The number of sulfonamides is 1. The van der Waals surface area contributed by atoms with E-state index < -0.39 is 28.5 Å². The van der Waals surface area contributed by atoms with Crippen LogP contribution in [0.4, 0.5) is 5.69 Å². The Morgan fingerprint density at radius 1 is 0.900 bits per heavy atom. The predicted octanol–water partition coefficient (Wildman–Crippen LogP) is 5.38. The molecule has 0 radical (unpaired) electrons. The van der Waals surface area contributed by atoms with Crippen LogP contribution in [-0.2, 0) is 26.0 Å². The van der Waals surface area contributed by atoms with Crippen molar-refractivity contribution in [2.24, 2.45) is 5.92 Å². The smallest absolute Gasteiger partial charge is 0.264 e. The Morgan fingerprint density at radius 3 is 2.15 bits per heavy atom. The van der Waals surface area contributed by atoms with Crippen LogP contribution in [0.3, 0.4) is 0 Å². The number of amides is 2. The molecule has 0 unspecified atom stereocenters. The van der Waals surface area contributed by atoms with Crippen molar-refractivity contribution in [1.82, 2.24) is 10.2 Å². The quantitative estimate of drug-likeness (QED) is 0.310. The second-order valence-corrected chi connectivity index (χ2v) is 12.7. The third kappa shape index (κ3) is 8.08. The van der Waals surface area contributed by atoms with Crippen LogP contribution in [0, 0.1) is 19.8 Å². The van der Waals surface area contributed by atoms with E-state index in [1.807, 2.05) is 64.1 Å². The Kier molecular flexibility index (Phi) is 10.8. The van der Waals surface area contributed by atoms with E-state index in [4.69, 9.17) is 11.6 Å². The first kappa shape index (κ1) is 31.2. The van der Waals surface area contributed by atoms with Gasteiger partial charge in [-0.2, -0.15) is 0 Å². The Hall–Kier alpha value is -3.36. The molecule has 0 bridgehead atoms. The van der Waals surface area contributed by atoms with E-state index in [0.29, 0.717) is 23.7 Å². The average Bonchev–Trinajstić information content (AvgIpc) is 2.92. The molecule has 0 fully saturated rings. The molecule has 214 valence electrons. The number of hydrogen-bond acceptors (Lipinski definition) is 4. The Morgan fingerprint density at radius 2 is 1.55 bits per heavy atom. The van der Waals surface area contributed by atoms with Gasteiger partial charge in [0, 0.05) is 18.1 Å². The summed E-state index contributed by atoms with van der Waals surface area (Å²) < 4.78 is 28.9. The van der Waals surface area contributed by atoms with Crippen molar-refractivity contribution in [2.75, 3.05) is 23.9 Å². The molecule has 3 aromatic rings. The van der Waals surface area contributed by atoms with Gasteiger partial charge < -0.3 is 10.2 Å². The van der Waals surface area contributed by atoms with Crippen LogP contribution in [0.25, 0.3) is 0 Å². The minimum Gasteiger partial charge on any atom is -0.354 e. The van der Waals surface area contributed by atoms with Gasteiger partial charge in [-0.05, 0) is 86.2 Å². The molecule has 1 atom stereocenters. The lowest BCUT2D eigenvalue weighted by atomic mass is 10.1. The normalized spacial score (nSPS) is 12.2. The highest BCUT2D eigenvalue weighted by atomic mass is 35.5. The van der Waals surface area contributed by atoms with Crippen LogP contribution in [0.5, 0.6) is 0 Å². The van der Waals surface area contributed by atoms with Crippen LogP contribution in [0.1, 0.15) is 37.5 Å². The molecule has 9 heteroatoms. The van der Waals surface area contributed by atoms with Crippen molar-refractivity contribution in [1.29, 1.82) is 0 Å². The number of aryl methyl sites for hydroxylation is 2. The molecule has 0 saturated carbocycles. The molecule has 0 heterocycles. The predicted molar refractivity (Wildman–Crippen MR) is 161 cm³/mol. The van der Waals surface area contributed by atoms with Crippen LogP contribution in [0.2, 0.25) is 5.02 Å². The zero-order valence-electron chi connectivity index (χ0n) is 23.7. The highest BCUT2D eigenvalue weighted by molar-refractivity contribution is 7.92. The summed E-state index contributed by atoms with van der Waals surface area (Å²) in [4.78, 5) is 28.5. The summed E-state index contributed by atoms with van der Waals surface area (Å²) in [5, 5.41) is 3.30. The number of halogens is 1. The first-order valence-corrected chi connectivity index (χ1v) is 15.2. The van der Waals surface area contributed by atoms with Crippen molar-refractivity contribution in [3.8, 4) is 0 Å². The largest absolute Gasteiger partial charge is 0.354 e. The van der Waals surface area contributed by atoms with Gasteiger partial charge in [-0.15, -0.1) is 0 Å². The lowest BCUT2D eigenvalue weighted by Crippen LogP contribution is -2.52. The zero-order valence-corrected chi connectivity index (χ0v) is 25.3. The first-order chi connectivity index (χ1) is 18.9. The summed E-state index contributed by atoms with van der Waals surface area (Å²) in [5.74, 6) is -0.512. The summed E-state index contributed by atoms with van der Waals surface area (Å²) in [6.07, 6.45) is 0.516. The summed E-state index contributed by atoms with van der Waals surface area (Å²) >= 11 is 6.01. The van der Waals surface area contributed by atoms with Crippen molar-refractivity contribution in [2.45, 2.75) is 52.0 Å². The van der Waals surface area contributed by atoms with Gasteiger partial charge in [-0.3, -0.25) is 13.9 Å². The van der Waals surface area contributed by atoms with Gasteiger partial charge in [0.1, 0.15) is 12.6 Å². The molecule has 40 heavy (non-hydrogen) atoms. The monoisotopic (exact) mass is 583 g/mol. The lowest BCUT2D eigenvalue weighted by molar-refractivity contribution is -0.138. The maximum atomic E-state index is 13.9. The Bertz CT molecular complexity index is 1410. The highest BCUT2D eigenvalue weighted by Gasteiger charge is 2.32. The van der Waals surface area contributed by atoms with Crippen molar-refractivity contribution in [3.05, 3.63) is 94.5 Å². The molecule has 7 nitrogen and oxygen atoms in total. The fourth-order valence-corrected chi connectivity index (χ4v) is 5.70. The van der Waals surface area contributed by atoms with E-state index in [1.165, 1.54) is 29.2 Å². The number of anilines is 1. The maximum absolute atomic E-state index is 13.9. The third-order valence-electron chi connectivity index (χ3n) is 6.80. The molecular formula is C31H38ClN3O4S. The van der Waals surface area contributed by atoms with Gasteiger partial charge in [-0.1, -0.05) is 61.8 Å². The topological polar surface area (TPSA) is 86.8 Å². The van der Waals surface area contributed by atoms with Crippen molar-refractivity contribution < 1.29 is 18.0 Å². The standard InChI is InChI=1S/C31H38ClN3O4S/c1-22(2)20-33-31(37)25(5)34(18-17-26-9-7-6-8-10-26)30(36)21-35(28-14-11-23(3)24(4)19-28)40(38,39)29-15-12-27(32)13-16-29/h6-16,19,22,25H,17-18,20-21H2,1-5H3,(H,33,37)/t25-/m1/s1. The van der Waals surface area contributed by atoms with Crippen LogP contribution >= 0.6 is 11.6 Å². The van der Waals surface area contributed by atoms with Gasteiger partial charge in [0.25, 0.3) is 10.0 Å².